The van der Waals surface area contributed by atoms with E-state index in [0.717, 1.165) is 6.42 Å². The van der Waals surface area contributed by atoms with Crippen molar-refractivity contribution in [2.45, 2.75) is 26.7 Å². The van der Waals surface area contributed by atoms with Crippen molar-refractivity contribution in [1.82, 2.24) is 0 Å². The van der Waals surface area contributed by atoms with Gasteiger partial charge in [0.1, 0.15) is 0 Å². The highest BCUT2D eigenvalue weighted by atomic mass is 16.4. The van der Waals surface area contributed by atoms with Gasteiger partial charge in [0.05, 0.1) is 11.8 Å². The predicted molar refractivity (Wildman–Crippen MR) is 52.0 cm³/mol. The van der Waals surface area contributed by atoms with Crippen LogP contribution in [0.1, 0.15) is 26.7 Å². The number of hydrogen-bond donors (Lipinski definition) is 2. The fraction of sp³-hybridized carbons (Fsp3) is 0.600. The Morgan fingerprint density at radius 2 is 1.79 bits per heavy atom. The van der Waals surface area contributed by atoms with Crippen molar-refractivity contribution < 1.29 is 19.8 Å². The summed E-state index contributed by atoms with van der Waals surface area (Å²) in [6, 6.07) is 0. The number of rotatable bonds is 6. The predicted octanol–water partition coefficient (Wildman–Crippen LogP) is 1.76. The summed E-state index contributed by atoms with van der Waals surface area (Å²) in [5, 5.41) is 17.5. The molecule has 0 bridgehead atoms. The van der Waals surface area contributed by atoms with Gasteiger partial charge in [0, 0.05) is 0 Å². The van der Waals surface area contributed by atoms with Crippen LogP contribution in [0.15, 0.2) is 12.2 Å². The molecule has 0 saturated heterocycles. The fourth-order valence-electron chi connectivity index (χ4n) is 1.10. The topological polar surface area (TPSA) is 74.6 Å². The Bertz CT molecular complexity index is 232. The van der Waals surface area contributed by atoms with Crippen molar-refractivity contribution in [3.05, 3.63) is 12.2 Å². The van der Waals surface area contributed by atoms with Crippen LogP contribution in [0.5, 0.6) is 0 Å². The molecule has 0 rings (SSSR count). The Morgan fingerprint density at radius 3 is 2.14 bits per heavy atom. The molecule has 4 nitrogen and oxygen atoms in total. The first-order chi connectivity index (χ1) is 6.50. The number of carboxylic acids is 2. The summed E-state index contributed by atoms with van der Waals surface area (Å²) >= 11 is 0. The van der Waals surface area contributed by atoms with Gasteiger partial charge in [-0.25, -0.2) is 0 Å². The fourth-order valence-corrected chi connectivity index (χ4v) is 1.10. The van der Waals surface area contributed by atoms with E-state index in [9.17, 15) is 9.59 Å². The molecule has 14 heavy (non-hydrogen) atoms. The molecule has 0 fully saturated rings. The van der Waals surface area contributed by atoms with Crippen LogP contribution in [0.2, 0.25) is 0 Å². The maximum atomic E-state index is 10.7. The van der Waals surface area contributed by atoms with Gasteiger partial charge in [-0.15, -0.1) is 0 Å². The average Bonchev–Trinajstić information content (AvgIpc) is 2.10. The van der Waals surface area contributed by atoms with E-state index < -0.39 is 23.8 Å². The molecule has 80 valence electrons. The molecule has 4 heteroatoms. The highest BCUT2D eigenvalue weighted by Crippen LogP contribution is 2.17. The van der Waals surface area contributed by atoms with E-state index in [1.807, 2.05) is 13.0 Å². The number of carboxylic acid groups (broad SMARTS) is 2. The third kappa shape index (κ3) is 4.07. The third-order valence-electron chi connectivity index (χ3n) is 2.10. The lowest BCUT2D eigenvalue weighted by atomic mass is 9.91. The molecule has 0 spiro atoms. The molecule has 0 radical (unpaired) electrons. The molecular weight excluding hydrogens is 184 g/mol. The smallest absolute Gasteiger partial charge is 0.307 e. The molecule has 0 aliphatic heterocycles. The Kier molecular flexibility index (Phi) is 5.60. The monoisotopic (exact) mass is 200 g/mol. The summed E-state index contributed by atoms with van der Waals surface area (Å²) in [4.78, 5) is 21.3. The average molecular weight is 200 g/mol. The lowest BCUT2D eigenvalue weighted by molar-refractivity contribution is -0.152. The Hall–Kier alpha value is -1.32. The van der Waals surface area contributed by atoms with E-state index in [1.165, 1.54) is 6.92 Å². The standard InChI is InChI=1S/C10H16O4/c1-3-4-5-6-8(10(13)14)7(2)9(11)12/h4-5,7-8H,3,6H2,1-2H3,(H,11,12)(H,13,14). The van der Waals surface area contributed by atoms with Crippen molar-refractivity contribution in [3.8, 4) is 0 Å². The molecule has 2 N–H and O–H groups in total. The molecule has 2 unspecified atom stereocenters. The van der Waals surface area contributed by atoms with E-state index in [0.29, 0.717) is 0 Å². The molecule has 0 aromatic rings. The first-order valence-electron chi connectivity index (χ1n) is 4.61. The van der Waals surface area contributed by atoms with Gasteiger partial charge >= 0.3 is 11.9 Å². The quantitative estimate of drug-likeness (QED) is 0.641. The summed E-state index contributed by atoms with van der Waals surface area (Å²) in [5.41, 5.74) is 0. The van der Waals surface area contributed by atoms with Gasteiger partial charge in [-0.05, 0) is 12.8 Å². The lowest BCUT2D eigenvalue weighted by Gasteiger charge is -2.13. The van der Waals surface area contributed by atoms with Crippen LogP contribution < -0.4 is 0 Å². The lowest BCUT2D eigenvalue weighted by Crippen LogP contribution is -2.27. The summed E-state index contributed by atoms with van der Waals surface area (Å²) in [6.45, 7) is 3.35. The second-order valence-corrected chi connectivity index (χ2v) is 3.19. The van der Waals surface area contributed by atoms with E-state index in [1.54, 1.807) is 6.08 Å². The van der Waals surface area contributed by atoms with Crippen LogP contribution in [0.4, 0.5) is 0 Å². The highest BCUT2D eigenvalue weighted by Gasteiger charge is 2.28. The molecule has 0 heterocycles. The summed E-state index contributed by atoms with van der Waals surface area (Å²) in [6.07, 6.45) is 4.66. The van der Waals surface area contributed by atoms with Gasteiger partial charge in [0.15, 0.2) is 0 Å². The molecule has 0 aliphatic carbocycles. The summed E-state index contributed by atoms with van der Waals surface area (Å²) in [7, 11) is 0. The van der Waals surface area contributed by atoms with Gasteiger partial charge in [-0.3, -0.25) is 9.59 Å². The third-order valence-corrected chi connectivity index (χ3v) is 2.10. The minimum Gasteiger partial charge on any atom is -0.481 e. The normalized spacial score (nSPS) is 15.3. The molecule has 2 atom stereocenters. The Morgan fingerprint density at radius 1 is 1.21 bits per heavy atom. The minimum absolute atomic E-state index is 0.274. The maximum absolute atomic E-state index is 10.7. The minimum atomic E-state index is -1.07. The number of carbonyl (C=O) groups is 2. The molecule has 0 amide bonds. The van der Waals surface area contributed by atoms with E-state index in [-0.39, 0.29) is 6.42 Å². The van der Waals surface area contributed by atoms with Crippen molar-refractivity contribution in [1.29, 1.82) is 0 Å². The van der Waals surface area contributed by atoms with Crippen molar-refractivity contribution in [2.24, 2.45) is 11.8 Å². The Balaban J connectivity index is 4.37. The van der Waals surface area contributed by atoms with Crippen LogP contribution >= 0.6 is 0 Å². The Labute approximate surface area is 83.2 Å². The van der Waals surface area contributed by atoms with Crippen molar-refractivity contribution in [3.63, 3.8) is 0 Å². The molecule has 0 aromatic carbocycles. The number of allylic oxidation sites excluding steroid dienone is 2. The van der Waals surface area contributed by atoms with Gasteiger partial charge in [-0.2, -0.15) is 0 Å². The van der Waals surface area contributed by atoms with Gasteiger partial charge in [0.2, 0.25) is 0 Å². The van der Waals surface area contributed by atoms with Crippen molar-refractivity contribution in [2.75, 3.05) is 0 Å². The molecular formula is C10H16O4. The van der Waals surface area contributed by atoms with Crippen LogP contribution in [0, 0.1) is 11.8 Å². The summed E-state index contributed by atoms with van der Waals surface area (Å²) in [5.74, 6) is -3.81. The van der Waals surface area contributed by atoms with Crippen LogP contribution in [0.3, 0.4) is 0 Å². The highest BCUT2D eigenvalue weighted by molar-refractivity contribution is 5.79. The number of hydrogen-bond acceptors (Lipinski definition) is 2. The zero-order valence-electron chi connectivity index (χ0n) is 8.43. The zero-order valence-corrected chi connectivity index (χ0v) is 8.43. The van der Waals surface area contributed by atoms with E-state index in [2.05, 4.69) is 0 Å². The second kappa shape index (κ2) is 6.18. The van der Waals surface area contributed by atoms with Crippen LogP contribution in [0.25, 0.3) is 0 Å². The largest absolute Gasteiger partial charge is 0.481 e. The second-order valence-electron chi connectivity index (χ2n) is 3.19. The van der Waals surface area contributed by atoms with E-state index in [4.69, 9.17) is 10.2 Å². The number of aliphatic carboxylic acids is 2. The van der Waals surface area contributed by atoms with Gasteiger partial charge in [-0.1, -0.05) is 26.0 Å². The van der Waals surface area contributed by atoms with Crippen LogP contribution in [-0.2, 0) is 9.59 Å². The van der Waals surface area contributed by atoms with Crippen molar-refractivity contribution >= 4 is 11.9 Å². The molecule has 0 saturated carbocycles. The zero-order chi connectivity index (χ0) is 11.1. The molecule has 0 aliphatic rings. The summed E-state index contributed by atoms with van der Waals surface area (Å²) < 4.78 is 0. The maximum Gasteiger partial charge on any atom is 0.307 e. The van der Waals surface area contributed by atoms with Gasteiger partial charge < -0.3 is 10.2 Å². The molecule has 0 aromatic heterocycles. The van der Waals surface area contributed by atoms with E-state index >= 15 is 0 Å². The van der Waals surface area contributed by atoms with Gasteiger partial charge in [0.25, 0.3) is 0 Å². The van der Waals surface area contributed by atoms with Crippen LogP contribution in [-0.4, -0.2) is 22.2 Å². The SMILES string of the molecule is CCC=CCC(C(=O)O)C(C)C(=O)O. The first kappa shape index (κ1) is 12.7. The first-order valence-corrected chi connectivity index (χ1v) is 4.61.